The van der Waals surface area contributed by atoms with E-state index in [4.69, 9.17) is 6.42 Å². The molecule has 0 fully saturated rings. The van der Waals surface area contributed by atoms with Crippen LogP contribution in [0.25, 0.3) is 21.3 Å². The molecule has 0 saturated heterocycles. The fourth-order valence-electron chi connectivity index (χ4n) is 2.54. The van der Waals surface area contributed by atoms with E-state index in [9.17, 15) is 4.79 Å². The number of fused-ring (bicyclic) bond motifs is 1. The van der Waals surface area contributed by atoms with Crippen LogP contribution in [-0.2, 0) is 6.54 Å². The van der Waals surface area contributed by atoms with E-state index in [1.807, 2.05) is 38.1 Å². The van der Waals surface area contributed by atoms with Crippen molar-refractivity contribution in [1.29, 1.82) is 0 Å². The van der Waals surface area contributed by atoms with E-state index >= 15 is 0 Å². The van der Waals surface area contributed by atoms with Crippen molar-refractivity contribution in [3.63, 3.8) is 0 Å². The first-order chi connectivity index (χ1) is 10.5. The SMILES string of the molecule is C#CCn1c(C)nc2sc(C)c(-c3ccc(Br)cc3)c2c1=O. The van der Waals surface area contributed by atoms with E-state index in [-0.39, 0.29) is 12.1 Å². The molecule has 0 radical (unpaired) electrons. The highest BCUT2D eigenvalue weighted by Crippen LogP contribution is 2.36. The molecule has 1 aromatic carbocycles. The van der Waals surface area contributed by atoms with Crippen LogP contribution in [0.5, 0.6) is 0 Å². The van der Waals surface area contributed by atoms with Crippen LogP contribution in [0.3, 0.4) is 0 Å². The second-order valence-corrected chi connectivity index (χ2v) is 7.09. The topological polar surface area (TPSA) is 34.9 Å². The Labute approximate surface area is 140 Å². The molecule has 0 N–H and O–H groups in total. The van der Waals surface area contributed by atoms with E-state index in [0.29, 0.717) is 11.2 Å². The van der Waals surface area contributed by atoms with Crippen LogP contribution in [0.2, 0.25) is 0 Å². The van der Waals surface area contributed by atoms with E-state index in [2.05, 4.69) is 26.8 Å². The smallest absolute Gasteiger partial charge is 0.263 e. The predicted octanol–water partition coefficient (Wildman–Crippen LogP) is 4.14. The third kappa shape index (κ3) is 2.39. The van der Waals surface area contributed by atoms with Crippen LogP contribution >= 0.6 is 27.3 Å². The zero-order valence-electron chi connectivity index (χ0n) is 12.2. The zero-order valence-corrected chi connectivity index (χ0v) is 14.6. The summed E-state index contributed by atoms with van der Waals surface area (Å²) in [6, 6.07) is 7.95. The molecule has 3 rings (SSSR count). The van der Waals surface area contributed by atoms with Gasteiger partial charge in [0.15, 0.2) is 0 Å². The molecule has 3 aromatic rings. The van der Waals surface area contributed by atoms with Crippen LogP contribution in [-0.4, -0.2) is 9.55 Å². The summed E-state index contributed by atoms with van der Waals surface area (Å²) in [6.07, 6.45) is 5.37. The summed E-state index contributed by atoms with van der Waals surface area (Å²) in [5.41, 5.74) is 1.90. The molecule has 2 aromatic heterocycles. The molecule has 0 aliphatic carbocycles. The van der Waals surface area contributed by atoms with Crippen molar-refractivity contribution < 1.29 is 0 Å². The van der Waals surface area contributed by atoms with Gasteiger partial charge in [-0.05, 0) is 31.5 Å². The first-order valence-corrected chi connectivity index (χ1v) is 8.34. The minimum absolute atomic E-state index is 0.0669. The average Bonchev–Trinajstić information content (AvgIpc) is 2.80. The van der Waals surface area contributed by atoms with Crippen molar-refractivity contribution in [3.8, 4) is 23.5 Å². The van der Waals surface area contributed by atoms with Crippen molar-refractivity contribution in [2.75, 3.05) is 0 Å². The Morgan fingerprint density at radius 1 is 1.32 bits per heavy atom. The second kappa shape index (κ2) is 5.71. The maximum absolute atomic E-state index is 12.8. The van der Waals surface area contributed by atoms with Gasteiger partial charge in [0.05, 0.1) is 11.9 Å². The normalized spacial score (nSPS) is 10.8. The number of terminal acetylenes is 1. The Balaban J connectivity index is 2.38. The van der Waals surface area contributed by atoms with Gasteiger partial charge in [-0.3, -0.25) is 9.36 Å². The number of hydrogen-bond donors (Lipinski definition) is 0. The van der Waals surface area contributed by atoms with Gasteiger partial charge in [0.1, 0.15) is 10.7 Å². The van der Waals surface area contributed by atoms with Crippen molar-refractivity contribution in [3.05, 3.63) is 49.8 Å². The summed E-state index contributed by atoms with van der Waals surface area (Å²) in [7, 11) is 0. The zero-order chi connectivity index (χ0) is 15.9. The van der Waals surface area contributed by atoms with Crippen LogP contribution in [0.15, 0.2) is 33.5 Å². The summed E-state index contributed by atoms with van der Waals surface area (Å²) in [4.78, 5) is 19.2. The first-order valence-electron chi connectivity index (χ1n) is 6.73. The van der Waals surface area contributed by atoms with E-state index in [1.165, 1.54) is 0 Å². The lowest BCUT2D eigenvalue weighted by atomic mass is 10.0. The van der Waals surface area contributed by atoms with Crippen molar-refractivity contribution in [2.45, 2.75) is 20.4 Å². The number of hydrogen-bond acceptors (Lipinski definition) is 3. The van der Waals surface area contributed by atoms with Gasteiger partial charge in [0, 0.05) is 14.9 Å². The molecule has 0 unspecified atom stereocenters. The summed E-state index contributed by atoms with van der Waals surface area (Å²) in [5.74, 6) is 3.18. The third-order valence-corrected chi connectivity index (χ3v) is 5.09. The summed E-state index contributed by atoms with van der Waals surface area (Å²) >= 11 is 4.98. The van der Waals surface area contributed by atoms with Gasteiger partial charge in [0.2, 0.25) is 0 Å². The molecule has 2 heterocycles. The lowest BCUT2D eigenvalue weighted by Crippen LogP contribution is -2.23. The van der Waals surface area contributed by atoms with E-state index < -0.39 is 0 Å². The Kier molecular flexibility index (Phi) is 3.90. The van der Waals surface area contributed by atoms with Crippen LogP contribution in [0.1, 0.15) is 10.7 Å². The number of halogens is 1. The number of aryl methyl sites for hydroxylation is 2. The molecule has 3 nitrogen and oxygen atoms in total. The summed E-state index contributed by atoms with van der Waals surface area (Å²) in [6.45, 7) is 4.07. The molecule has 0 saturated carbocycles. The van der Waals surface area contributed by atoms with Gasteiger partial charge in [-0.1, -0.05) is 34.0 Å². The number of aromatic nitrogens is 2. The standard InChI is InChI=1S/C17H13BrN2OS/c1-4-9-20-11(3)19-16-15(17(20)21)14(10(2)22-16)12-5-7-13(18)8-6-12/h1,5-8H,9H2,2-3H3. The molecule has 0 aliphatic heterocycles. The summed E-state index contributed by atoms with van der Waals surface area (Å²) < 4.78 is 2.56. The molecule has 5 heteroatoms. The van der Waals surface area contributed by atoms with Gasteiger partial charge < -0.3 is 0 Å². The molecule has 22 heavy (non-hydrogen) atoms. The minimum atomic E-state index is -0.0669. The molecular formula is C17H13BrN2OS. The monoisotopic (exact) mass is 372 g/mol. The number of thiophene rings is 1. The lowest BCUT2D eigenvalue weighted by molar-refractivity contribution is 0.743. The third-order valence-electron chi connectivity index (χ3n) is 3.56. The number of benzene rings is 1. The average molecular weight is 373 g/mol. The minimum Gasteiger partial charge on any atom is -0.284 e. The molecular weight excluding hydrogens is 360 g/mol. The van der Waals surface area contributed by atoms with Gasteiger partial charge >= 0.3 is 0 Å². The molecule has 0 bridgehead atoms. The van der Waals surface area contributed by atoms with Gasteiger partial charge in [-0.25, -0.2) is 4.98 Å². The maximum atomic E-state index is 12.8. The maximum Gasteiger partial charge on any atom is 0.263 e. The quantitative estimate of drug-likeness (QED) is 0.633. The molecule has 0 amide bonds. The highest BCUT2D eigenvalue weighted by atomic mass is 79.9. The molecule has 0 atom stereocenters. The van der Waals surface area contributed by atoms with Crippen molar-refractivity contribution in [1.82, 2.24) is 9.55 Å². The molecule has 0 aliphatic rings. The number of rotatable bonds is 2. The molecule has 0 spiro atoms. The van der Waals surface area contributed by atoms with E-state index in [1.54, 1.807) is 15.9 Å². The van der Waals surface area contributed by atoms with Gasteiger partial charge in [-0.15, -0.1) is 17.8 Å². The Morgan fingerprint density at radius 3 is 2.64 bits per heavy atom. The van der Waals surface area contributed by atoms with Crippen molar-refractivity contribution in [2.24, 2.45) is 0 Å². The lowest BCUT2D eigenvalue weighted by Gasteiger charge is -2.07. The van der Waals surface area contributed by atoms with Crippen LogP contribution < -0.4 is 5.56 Å². The Bertz CT molecular complexity index is 961. The fourth-order valence-corrected chi connectivity index (χ4v) is 3.88. The van der Waals surface area contributed by atoms with Crippen LogP contribution in [0, 0.1) is 26.2 Å². The van der Waals surface area contributed by atoms with Crippen molar-refractivity contribution >= 4 is 37.5 Å². The van der Waals surface area contributed by atoms with Crippen LogP contribution in [0.4, 0.5) is 0 Å². The highest BCUT2D eigenvalue weighted by Gasteiger charge is 2.18. The Hall–Kier alpha value is -1.90. The fraction of sp³-hybridized carbons (Fsp3) is 0.176. The molecule has 110 valence electrons. The first kappa shape index (κ1) is 15.0. The predicted molar refractivity (Wildman–Crippen MR) is 95.3 cm³/mol. The van der Waals surface area contributed by atoms with Gasteiger partial charge in [-0.2, -0.15) is 0 Å². The van der Waals surface area contributed by atoms with E-state index in [0.717, 1.165) is 25.3 Å². The number of nitrogens with zero attached hydrogens (tertiary/aromatic N) is 2. The largest absolute Gasteiger partial charge is 0.284 e. The second-order valence-electron chi connectivity index (χ2n) is 4.97. The highest BCUT2D eigenvalue weighted by molar-refractivity contribution is 9.10. The van der Waals surface area contributed by atoms with Gasteiger partial charge in [0.25, 0.3) is 5.56 Å². The Morgan fingerprint density at radius 2 is 2.00 bits per heavy atom. The summed E-state index contributed by atoms with van der Waals surface area (Å²) in [5, 5.41) is 0.658.